The van der Waals surface area contributed by atoms with Crippen LogP contribution in [-0.4, -0.2) is 40.5 Å². The Morgan fingerprint density at radius 2 is 2.12 bits per heavy atom. The van der Waals surface area contributed by atoms with Gasteiger partial charge in [-0.3, -0.25) is 15.1 Å². The van der Waals surface area contributed by atoms with Crippen LogP contribution in [0.4, 0.5) is 10.5 Å². The molecule has 0 saturated heterocycles. The van der Waals surface area contributed by atoms with E-state index in [1.165, 1.54) is 12.4 Å². The van der Waals surface area contributed by atoms with Gasteiger partial charge in [-0.15, -0.1) is 0 Å². The summed E-state index contributed by atoms with van der Waals surface area (Å²) in [6.45, 7) is 7.21. The third-order valence-electron chi connectivity index (χ3n) is 3.88. The van der Waals surface area contributed by atoms with E-state index in [1.807, 2.05) is 6.92 Å². The lowest BCUT2D eigenvalue weighted by Gasteiger charge is -2.29. The molecule has 0 fully saturated rings. The fraction of sp³-hybridized carbons (Fsp3) is 0.500. The lowest BCUT2D eigenvalue weighted by molar-refractivity contribution is -0.385. The van der Waals surface area contributed by atoms with E-state index in [2.05, 4.69) is 9.98 Å². The van der Waals surface area contributed by atoms with Crippen LogP contribution in [0.1, 0.15) is 39.7 Å². The Labute approximate surface area is 152 Å². The van der Waals surface area contributed by atoms with Gasteiger partial charge in [-0.05, 0) is 50.8 Å². The quantitative estimate of drug-likeness (QED) is 0.599. The summed E-state index contributed by atoms with van der Waals surface area (Å²) in [6, 6.07) is 1.59. The maximum Gasteiger partial charge on any atom is 0.434 e. The summed E-state index contributed by atoms with van der Waals surface area (Å²) in [6.07, 6.45) is 3.82. The molecule has 0 radical (unpaired) electrons. The molecular weight excluding hydrogens is 338 g/mol. The van der Waals surface area contributed by atoms with Gasteiger partial charge in [-0.2, -0.15) is 4.99 Å². The first kappa shape index (κ1) is 19.7. The van der Waals surface area contributed by atoms with Crippen LogP contribution in [0.2, 0.25) is 0 Å². The molecule has 1 aromatic rings. The molecule has 1 aliphatic rings. The highest BCUT2D eigenvalue weighted by Gasteiger charge is 2.31. The van der Waals surface area contributed by atoms with E-state index in [0.29, 0.717) is 23.3 Å². The number of hydrogen-bond donors (Lipinski definition) is 0. The van der Waals surface area contributed by atoms with Gasteiger partial charge in [0.15, 0.2) is 0 Å². The Bertz CT molecular complexity index is 764. The number of nitrogens with zero attached hydrogens (tertiary/aromatic N) is 3. The van der Waals surface area contributed by atoms with Crippen molar-refractivity contribution in [2.45, 2.75) is 45.8 Å². The smallest absolute Gasteiger partial charge is 0.434 e. The highest BCUT2D eigenvalue weighted by Crippen LogP contribution is 2.35. The van der Waals surface area contributed by atoms with Crippen molar-refractivity contribution in [2.75, 3.05) is 7.11 Å². The first-order valence-electron chi connectivity index (χ1n) is 8.26. The molecule has 0 spiro atoms. The highest BCUT2D eigenvalue weighted by atomic mass is 16.6. The summed E-state index contributed by atoms with van der Waals surface area (Å²) in [7, 11) is 1.54. The fourth-order valence-corrected chi connectivity index (χ4v) is 2.89. The van der Waals surface area contributed by atoms with E-state index in [9.17, 15) is 14.9 Å². The summed E-state index contributed by atoms with van der Waals surface area (Å²) in [5, 5.41) is 11.3. The summed E-state index contributed by atoms with van der Waals surface area (Å²) in [5.74, 6) is -0.0195. The zero-order valence-electron chi connectivity index (χ0n) is 15.6. The summed E-state index contributed by atoms with van der Waals surface area (Å²) < 4.78 is 10.7. The second kappa shape index (κ2) is 7.74. The van der Waals surface area contributed by atoms with Crippen molar-refractivity contribution < 1.29 is 19.2 Å². The van der Waals surface area contributed by atoms with E-state index in [-0.39, 0.29) is 11.6 Å². The molecule has 1 aliphatic carbocycles. The van der Waals surface area contributed by atoms with Gasteiger partial charge in [0, 0.05) is 13.3 Å². The molecule has 1 aromatic heterocycles. The van der Waals surface area contributed by atoms with Crippen molar-refractivity contribution in [2.24, 2.45) is 10.9 Å². The van der Waals surface area contributed by atoms with Crippen molar-refractivity contribution in [3.63, 3.8) is 0 Å². The average Bonchev–Trinajstić information content (AvgIpc) is 2.52. The maximum absolute atomic E-state index is 12.1. The number of rotatable bonds is 3. The Morgan fingerprint density at radius 3 is 2.69 bits per heavy atom. The number of aliphatic imine (C=N–C) groups is 1. The fourth-order valence-electron chi connectivity index (χ4n) is 2.89. The molecule has 8 heteroatoms. The Kier molecular flexibility index (Phi) is 5.86. The molecule has 0 unspecified atom stereocenters. The number of carbonyl (C=O) groups is 1. The molecule has 0 aliphatic heterocycles. The Morgan fingerprint density at radius 1 is 1.42 bits per heavy atom. The van der Waals surface area contributed by atoms with Crippen LogP contribution in [0, 0.1) is 16.0 Å². The van der Waals surface area contributed by atoms with Gasteiger partial charge in [0.1, 0.15) is 17.9 Å². The third-order valence-corrected chi connectivity index (χ3v) is 3.88. The van der Waals surface area contributed by atoms with E-state index >= 15 is 0 Å². The molecule has 0 saturated carbocycles. The topological polar surface area (TPSA) is 104 Å². The molecular formula is C18H23N3O5. The van der Waals surface area contributed by atoms with E-state index in [0.717, 1.165) is 0 Å². The molecule has 26 heavy (non-hydrogen) atoms. The Balaban J connectivity index is 2.47. The molecule has 2 atom stereocenters. The van der Waals surface area contributed by atoms with Crippen LogP contribution in [0.25, 0.3) is 5.57 Å². The molecule has 1 heterocycles. The van der Waals surface area contributed by atoms with Crippen LogP contribution in [0.3, 0.4) is 0 Å². The largest absolute Gasteiger partial charge is 0.442 e. The maximum atomic E-state index is 12.1. The minimum absolute atomic E-state index is 0.0195. The monoisotopic (exact) mass is 361 g/mol. The number of amides is 1. The standard InChI is InChI=1S/C18H23N3O5/c1-11-8-12(13-6-7-19-10-15(13)21(23)24)9-14(16(11)25-5)20-17(22)26-18(2,3)4/h6-7,9-11,16H,8H2,1-5H3/t11-,16-/m0/s1. The third kappa shape index (κ3) is 4.72. The first-order valence-corrected chi connectivity index (χ1v) is 8.26. The van der Waals surface area contributed by atoms with Crippen molar-refractivity contribution in [1.29, 1.82) is 0 Å². The van der Waals surface area contributed by atoms with Crippen LogP contribution in [-0.2, 0) is 9.47 Å². The van der Waals surface area contributed by atoms with Crippen LogP contribution in [0.15, 0.2) is 29.5 Å². The van der Waals surface area contributed by atoms with Crippen LogP contribution >= 0.6 is 0 Å². The van der Waals surface area contributed by atoms with Gasteiger partial charge < -0.3 is 9.47 Å². The van der Waals surface area contributed by atoms with Crippen LogP contribution in [0.5, 0.6) is 0 Å². The number of allylic oxidation sites excluding steroid dienone is 1. The summed E-state index contributed by atoms with van der Waals surface area (Å²) in [4.78, 5) is 30.8. The zero-order chi connectivity index (χ0) is 19.5. The molecule has 8 nitrogen and oxygen atoms in total. The number of pyridine rings is 1. The van der Waals surface area contributed by atoms with Crippen molar-refractivity contribution in [3.05, 3.63) is 40.2 Å². The number of carbonyl (C=O) groups excluding carboxylic acids is 1. The number of aromatic nitrogens is 1. The molecule has 1 amide bonds. The summed E-state index contributed by atoms with van der Waals surface area (Å²) >= 11 is 0. The zero-order valence-corrected chi connectivity index (χ0v) is 15.6. The van der Waals surface area contributed by atoms with Gasteiger partial charge in [0.2, 0.25) is 0 Å². The summed E-state index contributed by atoms with van der Waals surface area (Å²) in [5.41, 5.74) is 0.811. The van der Waals surface area contributed by atoms with Crippen molar-refractivity contribution in [3.8, 4) is 0 Å². The Hall–Kier alpha value is -2.61. The SMILES string of the molecule is CO[C@@H]1C(=NC(=O)OC(C)(C)C)C=C(c2ccncc2[N+](=O)[O-])C[C@@H]1C. The minimum Gasteiger partial charge on any atom is -0.442 e. The first-order chi connectivity index (χ1) is 12.1. The van der Waals surface area contributed by atoms with Gasteiger partial charge in [-0.25, -0.2) is 4.79 Å². The number of ether oxygens (including phenoxy) is 2. The van der Waals surface area contributed by atoms with Crippen LogP contribution < -0.4 is 0 Å². The number of hydrogen-bond acceptors (Lipinski definition) is 6. The van der Waals surface area contributed by atoms with E-state index < -0.39 is 22.7 Å². The molecule has 0 N–H and O–H groups in total. The average molecular weight is 361 g/mol. The van der Waals surface area contributed by atoms with E-state index in [1.54, 1.807) is 40.0 Å². The lowest BCUT2D eigenvalue weighted by Crippen LogP contribution is -2.34. The molecule has 0 bridgehead atoms. The predicted octanol–water partition coefficient (Wildman–Crippen LogP) is 3.80. The number of methoxy groups -OCH3 is 1. The minimum atomic E-state index is -0.719. The predicted molar refractivity (Wildman–Crippen MR) is 97.1 cm³/mol. The van der Waals surface area contributed by atoms with E-state index in [4.69, 9.17) is 9.47 Å². The number of nitro groups is 1. The van der Waals surface area contributed by atoms with Gasteiger partial charge in [0.25, 0.3) is 5.69 Å². The van der Waals surface area contributed by atoms with Gasteiger partial charge >= 0.3 is 6.09 Å². The lowest BCUT2D eigenvalue weighted by atomic mass is 9.83. The van der Waals surface area contributed by atoms with Crippen molar-refractivity contribution >= 4 is 23.1 Å². The van der Waals surface area contributed by atoms with Crippen molar-refractivity contribution in [1.82, 2.24) is 4.98 Å². The highest BCUT2D eigenvalue weighted by molar-refractivity contribution is 6.09. The van der Waals surface area contributed by atoms with Gasteiger partial charge in [0.05, 0.1) is 16.2 Å². The normalized spacial score (nSPS) is 22.0. The second-order valence-electron chi connectivity index (χ2n) is 7.17. The molecule has 2 rings (SSSR count). The molecule has 0 aromatic carbocycles. The van der Waals surface area contributed by atoms with Gasteiger partial charge in [-0.1, -0.05) is 6.92 Å². The second-order valence-corrected chi connectivity index (χ2v) is 7.17. The molecule has 140 valence electrons.